The molecule has 0 radical (unpaired) electrons. The van der Waals surface area contributed by atoms with Crippen LogP contribution in [-0.4, -0.2) is 40.3 Å². The van der Waals surface area contributed by atoms with Crippen molar-refractivity contribution >= 4 is 29.5 Å². The Kier molecular flexibility index (Phi) is 4.25. The molecule has 1 saturated heterocycles. The summed E-state index contributed by atoms with van der Waals surface area (Å²) < 4.78 is 0. The lowest BCUT2D eigenvalue weighted by Crippen LogP contribution is -2.36. The number of rotatable bonds is 4. The molecule has 1 fully saturated rings. The smallest absolute Gasteiger partial charge is 0.321 e. The normalized spacial score (nSPS) is 29.1. The van der Waals surface area contributed by atoms with Crippen LogP contribution in [0.25, 0.3) is 0 Å². The fourth-order valence-corrected chi connectivity index (χ4v) is 2.90. The SMILES string of the molecule is CSCC[C@H]1N[C@@H](C(=O)O)CS1. The van der Waals surface area contributed by atoms with Gasteiger partial charge in [0.15, 0.2) is 0 Å². The van der Waals surface area contributed by atoms with Crippen LogP contribution in [0.5, 0.6) is 0 Å². The van der Waals surface area contributed by atoms with Crippen LogP contribution in [0.2, 0.25) is 0 Å². The van der Waals surface area contributed by atoms with E-state index in [0.717, 1.165) is 12.2 Å². The molecule has 0 saturated carbocycles. The first-order valence-corrected chi connectivity index (χ1v) is 6.27. The van der Waals surface area contributed by atoms with Crippen molar-refractivity contribution in [2.45, 2.75) is 17.8 Å². The van der Waals surface area contributed by atoms with Crippen molar-refractivity contribution in [2.24, 2.45) is 0 Å². The maximum Gasteiger partial charge on any atom is 0.321 e. The minimum atomic E-state index is -0.728. The molecule has 0 aromatic rings. The Balaban J connectivity index is 2.21. The summed E-state index contributed by atoms with van der Waals surface area (Å²) in [6.45, 7) is 0. The van der Waals surface area contributed by atoms with Gasteiger partial charge in [-0.3, -0.25) is 10.1 Å². The number of hydrogen-bond donors (Lipinski definition) is 2. The first kappa shape index (κ1) is 10.2. The Morgan fingerprint density at radius 2 is 2.58 bits per heavy atom. The van der Waals surface area contributed by atoms with Crippen LogP contribution in [0.1, 0.15) is 6.42 Å². The fourth-order valence-electron chi connectivity index (χ4n) is 1.07. The van der Waals surface area contributed by atoms with Gasteiger partial charge in [-0.2, -0.15) is 11.8 Å². The van der Waals surface area contributed by atoms with Crippen LogP contribution in [0, 0.1) is 0 Å². The van der Waals surface area contributed by atoms with Crippen molar-refractivity contribution in [3.05, 3.63) is 0 Å². The highest BCUT2D eigenvalue weighted by Crippen LogP contribution is 2.22. The summed E-state index contributed by atoms with van der Waals surface area (Å²) in [6.07, 6.45) is 3.11. The van der Waals surface area contributed by atoms with Crippen molar-refractivity contribution in [1.82, 2.24) is 5.32 Å². The first-order chi connectivity index (χ1) is 5.74. The third-order valence-electron chi connectivity index (χ3n) is 1.73. The predicted octanol–water partition coefficient (Wildman–Crippen LogP) is 0.855. The molecule has 1 rings (SSSR count). The van der Waals surface area contributed by atoms with Crippen LogP contribution in [0.15, 0.2) is 0 Å². The van der Waals surface area contributed by atoms with Gasteiger partial charge in [0.05, 0.1) is 5.37 Å². The predicted molar refractivity (Wildman–Crippen MR) is 53.8 cm³/mol. The monoisotopic (exact) mass is 207 g/mol. The van der Waals surface area contributed by atoms with Gasteiger partial charge in [0.2, 0.25) is 0 Å². The molecule has 0 aromatic heterocycles. The number of carboxylic acid groups (broad SMARTS) is 1. The zero-order valence-electron chi connectivity index (χ0n) is 6.95. The Morgan fingerprint density at radius 3 is 3.08 bits per heavy atom. The van der Waals surface area contributed by atoms with E-state index in [1.54, 1.807) is 23.5 Å². The summed E-state index contributed by atoms with van der Waals surface area (Å²) in [6, 6.07) is -0.332. The van der Waals surface area contributed by atoms with E-state index in [1.165, 1.54) is 0 Å². The molecule has 2 N–H and O–H groups in total. The minimum absolute atomic E-state index is 0.332. The van der Waals surface area contributed by atoms with E-state index in [4.69, 9.17) is 5.11 Å². The van der Waals surface area contributed by atoms with Gasteiger partial charge in [-0.15, -0.1) is 11.8 Å². The number of carboxylic acids is 1. The maximum atomic E-state index is 10.5. The van der Waals surface area contributed by atoms with Gasteiger partial charge < -0.3 is 5.11 Å². The highest BCUT2D eigenvalue weighted by molar-refractivity contribution is 8.00. The largest absolute Gasteiger partial charge is 0.480 e. The fraction of sp³-hybridized carbons (Fsp3) is 0.857. The lowest BCUT2D eigenvalue weighted by molar-refractivity contribution is -0.138. The lowest BCUT2D eigenvalue weighted by atomic mass is 10.3. The molecule has 0 amide bonds. The second-order valence-electron chi connectivity index (χ2n) is 2.66. The second kappa shape index (κ2) is 4.99. The molecule has 70 valence electrons. The van der Waals surface area contributed by atoms with Gasteiger partial charge in [-0.05, 0) is 18.4 Å². The van der Waals surface area contributed by atoms with Crippen LogP contribution >= 0.6 is 23.5 Å². The molecule has 0 bridgehead atoms. The molecule has 12 heavy (non-hydrogen) atoms. The zero-order valence-corrected chi connectivity index (χ0v) is 8.58. The highest BCUT2D eigenvalue weighted by atomic mass is 32.2. The van der Waals surface area contributed by atoms with Crippen LogP contribution in [0.4, 0.5) is 0 Å². The third-order valence-corrected chi connectivity index (χ3v) is 3.68. The number of nitrogens with one attached hydrogen (secondary N) is 1. The molecule has 0 spiro atoms. The summed E-state index contributed by atoms with van der Waals surface area (Å²) in [7, 11) is 0. The standard InChI is InChI=1S/C7H13NO2S2/c1-11-3-2-6-8-5(4-12-6)7(9)10/h5-6,8H,2-4H2,1H3,(H,9,10)/t5-,6+/m1/s1. The van der Waals surface area contributed by atoms with E-state index in [2.05, 4.69) is 11.6 Å². The van der Waals surface area contributed by atoms with Crippen LogP contribution < -0.4 is 5.32 Å². The van der Waals surface area contributed by atoms with E-state index >= 15 is 0 Å². The number of hydrogen-bond acceptors (Lipinski definition) is 4. The lowest BCUT2D eigenvalue weighted by Gasteiger charge is -2.08. The molecular formula is C7H13NO2S2. The Labute approximate surface area is 80.7 Å². The molecule has 1 heterocycles. The second-order valence-corrected chi connectivity index (χ2v) is 4.88. The van der Waals surface area contributed by atoms with E-state index in [-0.39, 0.29) is 6.04 Å². The van der Waals surface area contributed by atoms with E-state index in [1.807, 2.05) is 0 Å². The Bertz CT molecular complexity index is 165. The number of carbonyl (C=O) groups is 1. The van der Waals surface area contributed by atoms with Gasteiger partial charge in [-0.1, -0.05) is 0 Å². The zero-order chi connectivity index (χ0) is 8.97. The average molecular weight is 207 g/mol. The molecule has 5 heteroatoms. The molecule has 1 aliphatic rings. The third kappa shape index (κ3) is 2.88. The van der Waals surface area contributed by atoms with Crippen molar-refractivity contribution in [2.75, 3.05) is 17.8 Å². The van der Waals surface area contributed by atoms with Crippen molar-refractivity contribution < 1.29 is 9.90 Å². The van der Waals surface area contributed by atoms with E-state index in [9.17, 15) is 4.79 Å². The topological polar surface area (TPSA) is 49.3 Å². The van der Waals surface area contributed by atoms with E-state index in [0.29, 0.717) is 11.1 Å². The van der Waals surface area contributed by atoms with Crippen molar-refractivity contribution in [3.8, 4) is 0 Å². The Morgan fingerprint density at radius 1 is 1.83 bits per heavy atom. The number of aliphatic carboxylic acids is 1. The molecule has 0 unspecified atom stereocenters. The molecule has 1 aliphatic heterocycles. The van der Waals surface area contributed by atoms with Crippen molar-refractivity contribution in [1.29, 1.82) is 0 Å². The summed E-state index contributed by atoms with van der Waals surface area (Å²) in [5, 5.41) is 12.1. The summed E-state index contributed by atoms with van der Waals surface area (Å²) in [5.41, 5.74) is 0. The van der Waals surface area contributed by atoms with Crippen molar-refractivity contribution in [3.63, 3.8) is 0 Å². The van der Waals surface area contributed by atoms with Crippen LogP contribution in [-0.2, 0) is 4.79 Å². The molecule has 2 atom stereocenters. The number of thioether (sulfide) groups is 2. The van der Waals surface area contributed by atoms with E-state index < -0.39 is 5.97 Å². The summed E-state index contributed by atoms with van der Waals surface area (Å²) in [5.74, 6) is 1.07. The molecular weight excluding hydrogens is 194 g/mol. The van der Waals surface area contributed by atoms with Crippen LogP contribution in [0.3, 0.4) is 0 Å². The molecule has 0 aliphatic carbocycles. The quantitative estimate of drug-likeness (QED) is 0.716. The van der Waals surface area contributed by atoms with Gasteiger partial charge in [0.25, 0.3) is 0 Å². The van der Waals surface area contributed by atoms with Gasteiger partial charge in [0.1, 0.15) is 6.04 Å². The highest BCUT2D eigenvalue weighted by Gasteiger charge is 2.28. The minimum Gasteiger partial charge on any atom is -0.480 e. The maximum absolute atomic E-state index is 10.5. The van der Waals surface area contributed by atoms with Gasteiger partial charge >= 0.3 is 5.97 Å². The van der Waals surface area contributed by atoms with Gasteiger partial charge in [0, 0.05) is 5.75 Å². The summed E-state index contributed by atoms with van der Waals surface area (Å²) in [4.78, 5) is 10.5. The Hall–Kier alpha value is 0.130. The average Bonchev–Trinajstić information content (AvgIpc) is 2.48. The van der Waals surface area contributed by atoms with Gasteiger partial charge in [-0.25, -0.2) is 0 Å². The summed E-state index contributed by atoms with van der Waals surface area (Å²) >= 11 is 3.51. The molecule has 0 aromatic carbocycles. The first-order valence-electron chi connectivity index (χ1n) is 3.83. The molecule has 3 nitrogen and oxygen atoms in total.